The minimum atomic E-state index is -0.571. The molecule has 12 nitrogen and oxygen atoms in total. The summed E-state index contributed by atoms with van der Waals surface area (Å²) in [5, 5.41) is 30.9. The van der Waals surface area contributed by atoms with Crippen LogP contribution in [0.3, 0.4) is 0 Å². The van der Waals surface area contributed by atoms with E-state index in [-0.39, 0.29) is 12.0 Å². The number of aromatic nitrogens is 6. The van der Waals surface area contributed by atoms with Crippen LogP contribution in [0.1, 0.15) is 29.8 Å². The molecule has 0 aromatic carbocycles. The quantitative estimate of drug-likeness (QED) is 0.349. The maximum absolute atomic E-state index is 12.3. The molecule has 0 spiro atoms. The number of nitrogens with zero attached hydrogens (tertiary/aromatic N) is 8. The Hall–Kier alpha value is -4.50. The van der Waals surface area contributed by atoms with E-state index in [1.54, 1.807) is 22.3 Å². The first-order valence-corrected chi connectivity index (χ1v) is 11.6. The van der Waals surface area contributed by atoms with Crippen LogP contribution in [-0.2, 0) is 6.54 Å². The first-order chi connectivity index (χ1) is 17.3. The van der Waals surface area contributed by atoms with Crippen LogP contribution in [-0.4, -0.2) is 65.6 Å². The number of nitriles is 1. The lowest BCUT2D eigenvalue weighted by molar-refractivity contribution is 0.100. The molecule has 1 amide bonds. The normalized spacial score (nSPS) is 18.3. The van der Waals surface area contributed by atoms with Crippen molar-refractivity contribution in [3.8, 4) is 17.2 Å². The van der Waals surface area contributed by atoms with Gasteiger partial charge in [0, 0.05) is 42.7 Å². The highest BCUT2D eigenvalue weighted by atomic mass is 16.3. The summed E-state index contributed by atoms with van der Waals surface area (Å²) in [6, 6.07) is 3.95. The van der Waals surface area contributed by atoms with E-state index >= 15 is 0 Å². The van der Waals surface area contributed by atoms with Gasteiger partial charge in [0.2, 0.25) is 5.95 Å². The molecule has 5 rings (SSSR count). The van der Waals surface area contributed by atoms with Gasteiger partial charge in [0.15, 0.2) is 0 Å². The van der Waals surface area contributed by atoms with Crippen molar-refractivity contribution < 1.29 is 9.90 Å². The van der Waals surface area contributed by atoms with E-state index in [9.17, 15) is 9.90 Å². The molecule has 1 aliphatic rings. The number of nitrogens with one attached hydrogen (secondary N) is 1. The molecule has 0 bridgehead atoms. The van der Waals surface area contributed by atoms with Crippen molar-refractivity contribution in [3.05, 3.63) is 54.4 Å². The van der Waals surface area contributed by atoms with Gasteiger partial charge >= 0.3 is 0 Å². The Morgan fingerprint density at radius 2 is 2.00 bits per heavy atom. The third kappa shape index (κ3) is 4.44. The van der Waals surface area contributed by atoms with Crippen molar-refractivity contribution in [2.75, 3.05) is 23.3 Å². The topological polar surface area (TPSA) is 163 Å². The van der Waals surface area contributed by atoms with Crippen molar-refractivity contribution in [3.63, 3.8) is 0 Å². The van der Waals surface area contributed by atoms with Gasteiger partial charge in [-0.3, -0.25) is 9.48 Å². The van der Waals surface area contributed by atoms with Crippen LogP contribution in [0, 0.1) is 17.2 Å². The van der Waals surface area contributed by atoms with Crippen LogP contribution in [0.2, 0.25) is 0 Å². The Labute approximate surface area is 207 Å². The summed E-state index contributed by atoms with van der Waals surface area (Å²) in [6.07, 6.45) is 9.44. The van der Waals surface area contributed by atoms with Crippen molar-refractivity contribution in [2.45, 2.75) is 32.5 Å². The number of amides is 1. The van der Waals surface area contributed by atoms with Crippen molar-refractivity contribution in [1.29, 1.82) is 5.26 Å². The maximum Gasteiger partial charge on any atom is 0.252 e. The van der Waals surface area contributed by atoms with Crippen molar-refractivity contribution in [2.24, 2.45) is 11.7 Å². The monoisotopic (exact) mass is 486 g/mol. The molecule has 0 aliphatic carbocycles. The van der Waals surface area contributed by atoms with Gasteiger partial charge in [-0.05, 0) is 18.9 Å². The van der Waals surface area contributed by atoms with E-state index in [2.05, 4.69) is 32.4 Å². The maximum atomic E-state index is 12.3. The van der Waals surface area contributed by atoms with E-state index in [0.717, 1.165) is 11.1 Å². The largest absolute Gasteiger partial charge is 0.391 e. The Morgan fingerprint density at radius 3 is 2.69 bits per heavy atom. The van der Waals surface area contributed by atoms with Crippen LogP contribution in [0.25, 0.3) is 16.6 Å². The second-order valence-electron chi connectivity index (χ2n) is 9.17. The van der Waals surface area contributed by atoms with E-state index in [0.29, 0.717) is 47.9 Å². The van der Waals surface area contributed by atoms with Gasteiger partial charge < -0.3 is 21.1 Å². The van der Waals surface area contributed by atoms with Crippen LogP contribution in [0.15, 0.2) is 43.2 Å². The lowest BCUT2D eigenvalue weighted by Crippen LogP contribution is -2.30. The number of carbonyl (C=O) groups excluding carboxylic acids is 1. The minimum absolute atomic E-state index is 0.0133. The zero-order valence-electron chi connectivity index (χ0n) is 19.9. The SMILES string of the molecule is C[C@H](O)Cn1cc(-c2cc3c(N[C@@H]4CN(c5ncc(C#N)cn5)C[C@@H]4C)c(C(N)=O)cnn3c2)cn1. The van der Waals surface area contributed by atoms with Gasteiger partial charge in [0.05, 0.1) is 59.8 Å². The number of hydrogen-bond donors (Lipinski definition) is 3. The molecule has 1 fully saturated rings. The highest BCUT2D eigenvalue weighted by molar-refractivity contribution is 6.02. The summed E-state index contributed by atoms with van der Waals surface area (Å²) >= 11 is 0. The predicted molar refractivity (Wildman–Crippen MR) is 132 cm³/mol. The number of aliphatic hydroxyl groups is 1. The first-order valence-electron chi connectivity index (χ1n) is 11.6. The average Bonchev–Trinajstić information content (AvgIpc) is 3.57. The predicted octanol–water partition coefficient (Wildman–Crippen LogP) is 1.28. The van der Waals surface area contributed by atoms with E-state index < -0.39 is 12.0 Å². The molecule has 4 N–H and O–H groups in total. The summed E-state index contributed by atoms with van der Waals surface area (Å²) in [6.45, 7) is 5.54. The summed E-state index contributed by atoms with van der Waals surface area (Å²) in [4.78, 5) is 23.0. The molecule has 1 aliphatic heterocycles. The van der Waals surface area contributed by atoms with Gasteiger partial charge in [-0.25, -0.2) is 14.5 Å². The Balaban J connectivity index is 1.45. The fraction of sp³-hybridized carbons (Fsp3) is 0.333. The Morgan fingerprint density at radius 1 is 1.22 bits per heavy atom. The number of hydrogen-bond acceptors (Lipinski definition) is 9. The van der Waals surface area contributed by atoms with E-state index in [1.807, 2.05) is 29.4 Å². The van der Waals surface area contributed by atoms with Crippen LogP contribution < -0.4 is 16.0 Å². The molecule has 0 radical (unpaired) electrons. The molecule has 12 heteroatoms. The van der Waals surface area contributed by atoms with Crippen LogP contribution in [0.4, 0.5) is 11.6 Å². The molecule has 0 unspecified atom stereocenters. The summed E-state index contributed by atoms with van der Waals surface area (Å²) < 4.78 is 3.39. The number of carbonyl (C=O) groups is 1. The molecule has 4 aromatic heterocycles. The average molecular weight is 487 g/mol. The van der Waals surface area contributed by atoms with Crippen molar-refractivity contribution >= 4 is 23.1 Å². The van der Waals surface area contributed by atoms with Gasteiger partial charge in [0.25, 0.3) is 5.91 Å². The van der Waals surface area contributed by atoms with Crippen molar-refractivity contribution in [1.82, 2.24) is 29.4 Å². The molecule has 1 saturated heterocycles. The zero-order valence-corrected chi connectivity index (χ0v) is 19.9. The summed E-state index contributed by atoms with van der Waals surface area (Å²) in [5.74, 6) is 0.198. The zero-order chi connectivity index (χ0) is 25.4. The molecule has 5 heterocycles. The number of rotatable bonds is 7. The lowest BCUT2D eigenvalue weighted by Gasteiger charge is -2.20. The Kier molecular flexibility index (Phi) is 5.99. The number of anilines is 2. The summed E-state index contributed by atoms with van der Waals surface area (Å²) in [5.41, 5.74) is 9.48. The second kappa shape index (κ2) is 9.27. The minimum Gasteiger partial charge on any atom is -0.391 e. The number of nitrogens with two attached hydrogens (primary N) is 1. The van der Waals surface area contributed by atoms with Gasteiger partial charge in [0.1, 0.15) is 6.07 Å². The third-order valence-electron chi connectivity index (χ3n) is 6.31. The smallest absolute Gasteiger partial charge is 0.252 e. The molecule has 4 aromatic rings. The molecule has 0 saturated carbocycles. The fourth-order valence-electron chi connectivity index (χ4n) is 4.48. The van der Waals surface area contributed by atoms with E-state index in [4.69, 9.17) is 11.0 Å². The number of fused-ring (bicyclic) bond motifs is 1. The molecule has 36 heavy (non-hydrogen) atoms. The fourth-order valence-corrected chi connectivity index (χ4v) is 4.48. The third-order valence-corrected chi connectivity index (χ3v) is 6.31. The van der Waals surface area contributed by atoms with Gasteiger partial charge in [-0.15, -0.1) is 0 Å². The molecule has 184 valence electrons. The molecule has 3 atom stereocenters. The molecular formula is C24H26N10O2. The first kappa shape index (κ1) is 23.3. The van der Waals surface area contributed by atoms with E-state index in [1.165, 1.54) is 18.6 Å². The van der Waals surface area contributed by atoms with Gasteiger partial charge in [-0.1, -0.05) is 6.92 Å². The molecular weight excluding hydrogens is 460 g/mol. The number of primary amides is 1. The lowest BCUT2D eigenvalue weighted by atomic mass is 10.1. The van der Waals surface area contributed by atoms with Gasteiger partial charge in [-0.2, -0.15) is 15.5 Å². The van der Waals surface area contributed by atoms with Crippen LogP contribution >= 0.6 is 0 Å². The van der Waals surface area contributed by atoms with Crippen LogP contribution in [0.5, 0.6) is 0 Å². The highest BCUT2D eigenvalue weighted by Gasteiger charge is 2.32. The highest BCUT2D eigenvalue weighted by Crippen LogP contribution is 2.31. The summed E-state index contributed by atoms with van der Waals surface area (Å²) in [7, 11) is 0. The standard InChI is InChI=1S/C24H26N10O2/c1-14-9-32(24-27-5-16(4-25)6-28-24)13-20(14)31-22-19(23(26)36)8-30-34-12-17(3-21(22)34)18-7-29-33(11-18)10-15(2)35/h3,5-8,11-12,14-15,20,31,35H,9-10,13H2,1-2H3,(H2,26,36)/t14-,15-,20+/m0/s1. The second-order valence-corrected chi connectivity index (χ2v) is 9.17. The Bertz CT molecular complexity index is 1450. The number of aliphatic hydroxyl groups excluding tert-OH is 1.